The van der Waals surface area contributed by atoms with Gasteiger partial charge in [0.05, 0.1) is 6.26 Å². The van der Waals surface area contributed by atoms with Gasteiger partial charge in [-0.25, -0.2) is 0 Å². The quantitative estimate of drug-likeness (QED) is 0.730. The van der Waals surface area contributed by atoms with Crippen molar-refractivity contribution in [1.82, 2.24) is 5.32 Å². The Hall–Kier alpha value is -0.760. The first-order chi connectivity index (χ1) is 8.40. The summed E-state index contributed by atoms with van der Waals surface area (Å²) in [6.45, 7) is 4.52. The predicted molar refractivity (Wildman–Crippen MR) is 71.0 cm³/mol. The van der Waals surface area contributed by atoms with Crippen LogP contribution in [0.5, 0.6) is 0 Å². The maximum Gasteiger partial charge on any atom is 0.104 e. The lowest BCUT2D eigenvalue weighted by Crippen LogP contribution is -2.29. The lowest BCUT2D eigenvalue weighted by molar-refractivity contribution is 0.302. The molecule has 2 heteroatoms. The zero-order chi connectivity index (χ0) is 11.9. The fourth-order valence-electron chi connectivity index (χ4n) is 2.99. The van der Waals surface area contributed by atoms with Gasteiger partial charge in [-0.15, -0.1) is 0 Å². The summed E-state index contributed by atoms with van der Waals surface area (Å²) in [7, 11) is 0. The summed E-state index contributed by atoms with van der Waals surface area (Å²) in [4.78, 5) is 0. The molecule has 1 atom stereocenters. The van der Waals surface area contributed by atoms with Crippen molar-refractivity contribution in [3.63, 3.8) is 0 Å². The Morgan fingerprint density at radius 1 is 1.41 bits per heavy atom. The first kappa shape index (κ1) is 12.7. The molecule has 0 spiro atoms. The second-order valence-corrected chi connectivity index (χ2v) is 5.29. The monoisotopic (exact) mass is 235 g/mol. The molecule has 0 radical (unpaired) electrons. The molecule has 0 amide bonds. The fraction of sp³-hybridized carbons (Fsp3) is 0.733. The van der Waals surface area contributed by atoms with Crippen molar-refractivity contribution in [3.05, 3.63) is 24.2 Å². The van der Waals surface area contributed by atoms with Crippen LogP contribution in [0.1, 0.15) is 44.8 Å². The molecule has 0 saturated heterocycles. The Labute approximate surface area is 105 Å². The lowest BCUT2D eigenvalue weighted by atomic mass is 9.87. The van der Waals surface area contributed by atoms with Crippen molar-refractivity contribution in [2.24, 2.45) is 11.8 Å². The highest BCUT2D eigenvalue weighted by Crippen LogP contribution is 2.33. The van der Waals surface area contributed by atoms with E-state index >= 15 is 0 Å². The van der Waals surface area contributed by atoms with Gasteiger partial charge in [-0.1, -0.05) is 32.6 Å². The average Bonchev–Trinajstić information content (AvgIpc) is 3.01. The second kappa shape index (κ2) is 6.85. The zero-order valence-electron chi connectivity index (χ0n) is 11.0. The molecule has 1 unspecified atom stereocenters. The fourth-order valence-corrected chi connectivity index (χ4v) is 2.99. The third-order valence-electron chi connectivity index (χ3n) is 3.94. The van der Waals surface area contributed by atoms with Gasteiger partial charge in [0.25, 0.3) is 0 Å². The lowest BCUT2D eigenvalue weighted by Gasteiger charge is -2.23. The van der Waals surface area contributed by atoms with Crippen LogP contribution in [0.2, 0.25) is 0 Å². The van der Waals surface area contributed by atoms with Crippen LogP contribution in [0.15, 0.2) is 22.8 Å². The molecule has 1 aromatic heterocycles. The van der Waals surface area contributed by atoms with Gasteiger partial charge in [-0.3, -0.25) is 0 Å². The minimum Gasteiger partial charge on any atom is -0.469 e. The highest BCUT2D eigenvalue weighted by molar-refractivity contribution is 5.00. The Morgan fingerprint density at radius 2 is 2.24 bits per heavy atom. The van der Waals surface area contributed by atoms with Gasteiger partial charge in [-0.2, -0.15) is 0 Å². The van der Waals surface area contributed by atoms with Crippen LogP contribution in [0.4, 0.5) is 0 Å². The highest BCUT2D eigenvalue weighted by atomic mass is 16.3. The molecule has 17 heavy (non-hydrogen) atoms. The van der Waals surface area contributed by atoms with Crippen molar-refractivity contribution < 1.29 is 4.42 Å². The maximum atomic E-state index is 5.50. The van der Waals surface area contributed by atoms with Crippen molar-refractivity contribution in [2.45, 2.75) is 45.4 Å². The molecule has 1 heterocycles. The summed E-state index contributed by atoms with van der Waals surface area (Å²) in [5.74, 6) is 2.82. The number of furan rings is 1. The summed E-state index contributed by atoms with van der Waals surface area (Å²) in [6.07, 6.45) is 9.80. The van der Waals surface area contributed by atoms with E-state index in [9.17, 15) is 0 Å². The number of hydrogen-bond donors (Lipinski definition) is 1. The molecule has 1 N–H and O–H groups in total. The van der Waals surface area contributed by atoms with Gasteiger partial charge in [0.2, 0.25) is 0 Å². The summed E-state index contributed by atoms with van der Waals surface area (Å²) in [6, 6.07) is 4.11. The average molecular weight is 235 g/mol. The van der Waals surface area contributed by atoms with E-state index in [1.807, 2.05) is 6.07 Å². The number of rotatable bonds is 7. The van der Waals surface area contributed by atoms with Gasteiger partial charge in [-0.05, 0) is 43.5 Å². The zero-order valence-corrected chi connectivity index (χ0v) is 11.0. The van der Waals surface area contributed by atoms with Crippen molar-refractivity contribution >= 4 is 0 Å². The van der Waals surface area contributed by atoms with Crippen LogP contribution in [-0.2, 0) is 6.42 Å². The molecular formula is C15H25NO. The minimum atomic E-state index is 0.759. The molecule has 1 fully saturated rings. The molecule has 2 nitrogen and oxygen atoms in total. The SMILES string of the molecule is CCCNCC(Cc1ccco1)C1CCCC1. The predicted octanol–water partition coefficient (Wildman–Crippen LogP) is 3.63. The third kappa shape index (κ3) is 3.88. The molecule has 0 aliphatic heterocycles. The van der Waals surface area contributed by atoms with E-state index < -0.39 is 0 Å². The van der Waals surface area contributed by atoms with Crippen LogP contribution in [-0.4, -0.2) is 13.1 Å². The molecule has 1 aliphatic rings. The van der Waals surface area contributed by atoms with E-state index in [2.05, 4.69) is 18.3 Å². The van der Waals surface area contributed by atoms with Gasteiger partial charge in [0, 0.05) is 6.42 Å². The summed E-state index contributed by atoms with van der Waals surface area (Å²) in [5, 5.41) is 3.58. The summed E-state index contributed by atoms with van der Waals surface area (Å²) < 4.78 is 5.50. The number of hydrogen-bond acceptors (Lipinski definition) is 2. The molecule has 1 aromatic rings. The van der Waals surface area contributed by atoms with Crippen molar-refractivity contribution in [2.75, 3.05) is 13.1 Å². The third-order valence-corrected chi connectivity index (χ3v) is 3.94. The van der Waals surface area contributed by atoms with E-state index in [0.717, 1.165) is 37.1 Å². The topological polar surface area (TPSA) is 25.2 Å². The van der Waals surface area contributed by atoms with Crippen LogP contribution < -0.4 is 5.32 Å². The highest BCUT2D eigenvalue weighted by Gasteiger charge is 2.25. The van der Waals surface area contributed by atoms with E-state index in [0.29, 0.717) is 0 Å². The molecule has 2 rings (SSSR count). The van der Waals surface area contributed by atoms with Crippen LogP contribution in [0, 0.1) is 11.8 Å². The normalized spacial score (nSPS) is 18.6. The molecular weight excluding hydrogens is 210 g/mol. The Bertz CT molecular complexity index is 288. The molecule has 96 valence electrons. The first-order valence-electron chi connectivity index (χ1n) is 7.13. The Balaban J connectivity index is 1.86. The largest absolute Gasteiger partial charge is 0.469 e. The van der Waals surface area contributed by atoms with Gasteiger partial charge in [0.15, 0.2) is 0 Å². The molecule has 0 bridgehead atoms. The molecule has 1 saturated carbocycles. The second-order valence-electron chi connectivity index (χ2n) is 5.29. The maximum absolute atomic E-state index is 5.50. The Morgan fingerprint density at radius 3 is 2.88 bits per heavy atom. The minimum absolute atomic E-state index is 0.759. The smallest absolute Gasteiger partial charge is 0.104 e. The molecule has 0 aromatic carbocycles. The Kier molecular flexibility index (Phi) is 5.11. The van der Waals surface area contributed by atoms with E-state index in [-0.39, 0.29) is 0 Å². The van der Waals surface area contributed by atoms with Gasteiger partial charge < -0.3 is 9.73 Å². The molecule has 1 aliphatic carbocycles. The first-order valence-corrected chi connectivity index (χ1v) is 7.13. The van der Waals surface area contributed by atoms with E-state index in [1.54, 1.807) is 6.26 Å². The van der Waals surface area contributed by atoms with Crippen molar-refractivity contribution in [1.29, 1.82) is 0 Å². The summed E-state index contributed by atoms with van der Waals surface area (Å²) >= 11 is 0. The van der Waals surface area contributed by atoms with Crippen LogP contribution in [0.25, 0.3) is 0 Å². The van der Waals surface area contributed by atoms with Crippen molar-refractivity contribution in [3.8, 4) is 0 Å². The van der Waals surface area contributed by atoms with Crippen LogP contribution in [0.3, 0.4) is 0 Å². The van der Waals surface area contributed by atoms with E-state index in [4.69, 9.17) is 4.42 Å². The van der Waals surface area contributed by atoms with Gasteiger partial charge >= 0.3 is 0 Å². The van der Waals surface area contributed by atoms with Crippen LogP contribution >= 0.6 is 0 Å². The van der Waals surface area contributed by atoms with E-state index in [1.165, 1.54) is 32.1 Å². The number of nitrogens with one attached hydrogen (secondary N) is 1. The standard InChI is InChI=1S/C15H25NO/c1-2-9-16-12-14(13-6-3-4-7-13)11-15-8-5-10-17-15/h5,8,10,13-14,16H,2-4,6-7,9,11-12H2,1H3. The summed E-state index contributed by atoms with van der Waals surface area (Å²) in [5.41, 5.74) is 0. The van der Waals surface area contributed by atoms with Gasteiger partial charge in [0.1, 0.15) is 5.76 Å².